The maximum absolute atomic E-state index is 12.3. The molecule has 1 atom stereocenters. The van der Waals surface area contributed by atoms with Gasteiger partial charge in [-0.1, -0.05) is 36.8 Å². The van der Waals surface area contributed by atoms with E-state index >= 15 is 0 Å². The Hall–Kier alpha value is -1.94. The second-order valence-electron chi connectivity index (χ2n) is 6.03. The van der Waals surface area contributed by atoms with E-state index in [4.69, 9.17) is 9.47 Å². The predicted octanol–water partition coefficient (Wildman–Crippen LogP) is 4.85. The SMILES string of the molecule is COC(=O)C1(Cc2ccc(Oc3ccccc3)cc2)CCCCS1. The topological polar surface area (TPSA) is 35.5 Å². The summed E-state index contributed by atoms with van der Waals surface area (Å²) in [5, 5.41) is 0. The minimum atomic E-state index is -0.436. The molecule has 1 aliphatic rings. The van der Waals surface area contributed by atoms with Crippen LogP contribution in [0.25, 0.3) is 0 Å². The van der Waals surface area contributed by atoms with Crippen LogP contribution in [0.5, 0.6) is 11.5 Å². The van der Waals surface area contributed by atoms with Gasteiger partial charge in [0.05, 0.1) is 7.11 Å². The van der Waals surface area contributed by atoms with Crippen molar-refractivity contribution in [3.63, 3.8) is 0 Å². The molecule has 24 heavy (non-hydrogen) atoms. The summed E-state index contributed by atoms with van der Waals surface area (Å²) < 4.78 is 10.5. The van der Waals surface area contributed by atoms with E-state index in [-0.39, 0.29) is 5.97 Å². The number of thioether (sulfide) groups is 1. The molecule has 2 aromatic rings. The number of para-hydroxylation sites is 1. The average Bonchev–Trinajstić information content (AvgIpc) is 2.64. The Bertz CT molecular complexity index is 661. The summed E-state index contributed by atoms with van der Waals surface area (Å²) in [6.45, 7) is 0. The smallest absolute Gasteiger partial charge is 0.322 e. The fraction of sp³-hybridized carbons (Fsp3) is 0.350. The Morgan fingerprint density at radius 1 is 1.04 bits per heavy atom. The Kier molecular flexibility index (Phi) is 5.46. The highest BCUT2D eigenvalue weighted by Crippen LogP contribution is 2.40. The van der Waals surface area contributed by atoms with Crippen molar-refractivity contribution in [3.05, 3.63) is 60.2 Å². The van der Waals surface area contributed by atoms with Gasteiger partial charge in [0.15, 0.2) is 0 Å². The van der Waals surface area contributed by atoms with Gasteiger partial charge in [-0.25, -0.2) is 0 Å². The summed E-state index contributed by atoms with van der Waals surface area (Å²) in [6, 6.07) is 17.7. The van der Waals surface area contributed by atoms with Gasteiger partial charge in [0.1, 0.15) is 16.2 Å². The minimum Gasteiger partial charge on any atom is -0.468 e. The van der Waals surface area contributed by atoms with Crippen LogP contribution in [0.15, 0.2) is 54.6 Å². The summed E-state index contributed by atoms with van der Waals surface area (Å²) in [5.74, 6) is 2.54. The standard InChI is InChI=1S/C20H22O3S/c1-22-19(21)20(13-5-6-14-24-20)15-16-9-11-18(12-10-16)23-17-7-3-2-4-8-17/h2-4,7-12H,5-6,13-15H2,1H3. The van der Waals surface area contributed by atoms with Crippen LogP contribution in [-0.4, -0.2) is 23.6 Å². The van der Waals surface area contributed by atoms with Gasteiger partial charge in [-0.05, 0) is 54.8 Å². The molecule has 0 aliphatic carbocycles. The first-order chi connectivity index (χ1) is 11.7. The quantitative estimate of drug-likeness (QED) is 0.728. The van der Waals surface area contributed by atoms with Crippen LogP contribution < -0.4 is 4.74 Å². The van der Waals surface area contributed by atoms with Gasteiger partial charge in [-0.15, -0.1) is 11.8 Å². The number of methoxy groups -OCH3 is 1. The molecule has 0 bridgehead atoms. The molecule has 1 saturated heterocycles. The molecular formula is C20H22O3S. The fourth-order valence-corrected chi connectivity index (χ4v) is 4.54. The molecule has 0 amide bonds. The molecule has 0 N–H and O–H groups in total. The van der Waals surface area contributed by atoms with Gasteiger partial charge in [0.2, 0.25) is 0 Å². The number of rotatable bonds is 5. The molecule has 4 heteroatoms. The third-order valence-electron chi connectivity index (χ3n) is 4.30. The van der Waals surface area contributed by atoms with Crippen LogP contribution in [0.2, 0.25) is 0 Å². The maximum atomic E-state index is 12.3. The van der Waals surface area contributed by atoms with Crippen LogP contribution >= 0.6 is 11.8 Å². The van der Waals surface area contributed by atoms with E-state index in [0.717, 1.165) is 35.7 Å². The fourth-order valence-electron chi connectivity index (χ4n) is 3.04. The Morgan fingerprint density at radius 3 is 2.38 bits per heavy atom. The van der Waals surface area contributed by atoms with Crippen LogP contribution in [0.1, 0.15) is 24.8 Å². The molecule has 1 heterocycles. The van der Waals surface area contributed by atoms with Gasteiger partial charge >= 0.3 is 5.97 Å². The first kappa shape index (κ1) is 16.9. The molecule has 0 saturated carbocycles. The average molecular weight is 342 g/mol. The van der Waals surface area contributed by atoms with E-state index in [1.807, 2.05) is 54.6 Å². The van der Waals surface area contributed by atoms with Crippen molar-refractivity contribution >= 4 is 17.7 Å². The lowest BCUT2D eigenvalue weighted by Crippen LogP contribution is -2.40. The van der Waals surface area contributed by atoms with Gasteiger partial charge in [-0.3, -0.25) is 4.79 Å². The zero-order valence-electron chi connectivity index (χ0n) is 13.9. The van der Waals surface area contributed by atoms with E-state index in [2.05, 4.69) is 0 Å². The third kappa shape index (κ3) is 3.93. The summed E-state index contributed by atoms with van der Waals surface area (Å²) in [4.78, 5) is 12.3. The third-order valence-corrected chi connectivity index (χ3v) is 5.86. The highest BCUT2D eigenvalue weighted by molar-refractivity contribution is 8.01. The normalized spacial score (nSPS) is 20.4. The predicted molar refractivity (Wildman–Crippen MR) is 97.7 cm³/mol. The lowest BCUT2D eigenvalue weighted by Gasteiger charge is -2.34. The summed E-state index contributed by atoms with van der Waals surface area (Å²) in [7, 11) is 1.48. The second-order valence-corrected chi connectivity index (χ2v) is 7.51. The first-order valence-corrected chi connectivity index (χ1v) is 9.25. The van der Waals surface area contributed by atoms with E-state index in [1.165, 1.54) is 13.5 Å². The summed E-state index contributed by atoms with van der Waals surface area (Å²) in [5.41, 5.74) is 1.13. The molecule has 1 fully saturated rings. The number of carbonyl (C=O) groups is 1. The van der Waals surface area contributed by atoms with Crippen molar-refractivity contribution in [1.82, 2.24) is 0 Å². The van der Waals surface area contributed by atoms with E-state index in [1.54, 1.807) is 11.8 Å². The van der Waals surface area contributed by atoms with Crippen molar-refractivity contribution in [3.8, 4) is 11.5 Å². The summed E-state index contributed by atoms with van der Waals surface area (Å²) >= 11 is 1.74. The largest absolute Gasteiger partial charge is 0.468 e. The molecule has 1 aliphatic heterocycles. The number of benzene rings is 2. The van der Waals surface area contributed by atoms with E-state index < -0.39 is 4.75 Å². The zero-order valence-corrected chi connectivity index (χ0v) is 14.7. The molecule has 2 aromatic carbocycles. The van der Waals surface area contributed by atoms with Crippen molar-refractivity contribution in [2.75, 3.05) is 12.9 Å². The number of carbonyl (C=O) groups excluding carboxylic acids is 1. The minimum absolute atomic E-state index is 0.100. The van der Waals surface area contributed by atoms with Crippen molar-refractivity contribution < 1.29 is 14.3 Å². The van der Waals surface area contributed by atoms with Crippen LogP contribution in [0.3, 0.4) is 0 Å². The van der Waals surface area contributed by atoms with Crippen LogP contribution in [0.4, 0.5) is 0 Å². The number of hydrogen-bond acceptors (Lipinski definition) is 4. The van der Waals surface area contributed by atoms with E-state index in [0.29, 0.717) is 6.42 Å². The Labute approximate surface area is 147 Å². The van der Waals surface area contributed by atoms with Crippen molar-refractivity contribution in [2.45, 2.75) is 30.4 Å². The second kappa shape index (κ2) is 7.75. The molecule has 0 spiro atoms. The first-order valence-electron chi connectivity index (χ1n) is 8.26. The summed E-state index contributed by atoms with van der Waals surface area (Å²) in [6.07, 6.45) is 3.84. The van der Waals surface area contributed by atoms with E-state index in [9.17, 15) is 4.79 Å². The molecule has 126 valence electrons. The maximum Gasteiger partial charge on any atom is 0.322 e. The number of ether oxygens (including phenoxy) is 2. The van der Waals surface area contributed by atoms with Gasteiger partial charge in [0, 0.05) is 0 Å². The lowest BCUT2D eigenvalue weighted by molar-refractivity contribution is -0.143. The van der Waals surface area contributed by atoms with Crippen molar-refractivity contribution in [2.24, 2.45) is 0 Å². The van der Waals surface area contributed by atoms with Crippen LogP contribution in [-0.2, 0) is 16.0 Å². The number of hydrogen-bond donors (Lipinski definition) is 0. The highest BCUT2D eigenvalue weighted by Gasteiger charge is 2.41. The molecule has 1 unspecified atom stereocenters. The molecule has 3 nitrogen and oxygen atoms in total. The monoisotopic (exact) mass is 342 g/mol. The van der Waals surface area contributed by atoms with Gasteiger partial charge in [0.25, 0.3) is 0 Å². The molecule has 3 rings (SSSR count). The Morgan fingerprint density at radius 2 is 1.75 bits per heavy atom. The molecule has 0 radical (unpaired) electrons. The highest BCUT2D eigenvalue weighted by atomic mass is 32.2. The van der Waals surface area contributed by atoms with Crippen LogP contribution in [0, 0.1) is 0 Å². The van der Waals surface area contributed by atoms with Crippen molar-refractivity contribution in [1.29, 1.82) is 0 Å². The Balaban J connectivity index is 1.71. The zero-order chi connectivity index (χ0) is 16.8. The van der Waals surface area contributed by atoms with Gasteiger partial charge in [-0.2, -0.15) is 0 Å². The lowest BCUT2D eigenvalue weighted by atomic mass is 9.92. The number of esters is 1. The molecular weight excluding hydrogens is 320 g/mol. The van der Waals surface area contributed by atoms with Gasteiger partial charge < -0.3 is 9.47 Å². The molecule has 0 aromatic heterocycles.